The minimum atomic E-state index is -3.30. The van der Waals surface area contributed by atoms with Gasteiger partial charge in [-0.05, 0) is 82.9 Å². The Morgan fingerprint density at radius 1 is 0.703 bits per heavy atom. The third-order valence-corrected chi connectivity index (χ3v) is 13.7. The third-order valence-electron chi connectivity index (χ3n) is 11.4. The van der Waals surface area contributed by atoms with Gasteiger partial charge in [0.25, 0.3) is 0 Å². The van der Waals surface area contributed by atoms with Crippen LogP contribution in [-0.2, 0) is 38.4 Å². The number of ketones is 1. The van der Waals surface area contributed by atoms with Gasteiger partial charge in [0.2, 0.25) is 11.9 Å². The average Bonchev–Trinajstić information content (AvgIpc) is 3.73. The minimum Gasteiger partial charge on any atom is -1.00 e. The monoisotopic (exact) mass is 988 g/mol. The number of carbonyl (C=O) groups is 1. The molecule has 2 aliphatic rings. The molecule has 2 aromatic carbocycles. The van der Waals surface area contributed by atoms with Crippen molar-refractivity contribution in [2.24, 2.45) is 11.8 Å². The first-order valence-corrected chi connectivity index (χ1v) is 24.1. The van der Waals surface area contributed by atoms with Crippen molar-refractivity contribution in [3.8, 4) is 0 Å². The number of nitrogens with zero attached hydrogens (tertiary/aromatic N) is 10. The molecule has 8 rings (SSSR count). The number of Topliss-reactive ketones (excluding diaryl/α,β-unsaturated/α-hetero) is 1. The number of imidazole rings is 2. The summed E-state index contributed by atoms with van der Waals surface area (Å²) in [5.41, 5.74) is 4.84. The van der Waals surface area contributed by atoms with Crippen molar-refractivity contribution in [1.29, 1.82) is 0 Å². The van der Waals surface area contributed by atoms with E-state index in [4.69, 9.17) is 15.0 Å². The summed E-state index contributed by atoms with van der Waals surface area (Å²) in [4.78, 5) is 44.7. The van der Waals surface area contributed by atoms with Crippen LogP contribution in [0.1, 0.15) is 99.5 Å². The van der Waals surface area contributed by atoms with Crippen LogP contribution in [0.5, 0.6) is 0 Å². The molecule has 0 saturated heterocycles. The zero-order valence-corrected chi connectivity index (χ0v) is 43.3. The summed E-state index contributed by atoms with van der Waals surface area (Å²) in [6.07, 6.45) is 5.72. The van der Waals surface area contributed by atoms with E-state index in [1.54, 1.807) is 62.6 Å². The number of rotatable bonds is 8. The summed E-state index contributed by atoms with van der Waals surface area (Å²) in [6, 6.07) is 10.0. The van der Waals surface area contributed by atoms with E-state index in [0.29, 0.717) is 64.7 Å². The second-order valence-electron chi connectivity index (χ2n) is 17.3. The molecule has 6 heterocycles. The van der Waals surface area contributed by atoms with Gasteiger partial charge in [0.1, 0.15) is 11.6 Å². The van der Waals surface area contributed by atoms with E-state index in [2.05, 4.69) is 61.6 Å². The van der Waals surface area contributed by atoms with Crippen molar-refractivity contribution in [2.45, 2.75) is 103 Å². The summed E-state index contributed by atoms with van der Waals surface area (Å²) in [5, 5.41) is 10.4. The fraction of sp³-hybridized carbons (Fsp3) is 0.455. The van der Waals surface area contributed by atoms with Crippen molar-refractivity contribution in [3.05, 3.63) is 90.4 Å². The number of benzene rings is 2. The van der Waals surface area contributed by atoms with E-state index < -0.39 is 25.3 Å². The fourth-order valence-corrected chi connectivity index (χ4v) is 9.78. The third kappa shape index (κ3) is 10.2. The topological polar surface area (TPSA) is 199 Å². The molecule has 0 amide bonds. The van der Waals surface area contributed by atoms with Crippen LogP contribution in [0.25, 0.3) is 22.1 Å². The predicted octanol–water partition coefficient (Wildman–Crippen LogP) is 3.01. The van der Waals surface area contributed by atoms with E-state index in [0.717, 1.165) is 39.4 Å². The molecule has 64 heavy (non-hydrogen) atoms. The Morgan fingerprint density at radius 2 is 1.11 bits per heavy atom. The summed E-state index contributed by atoms with van der Waals surface area (Å²) in [6.45, 7) is 19.8. The molecule has 0 bridgehead atoms. The Morgan fingerprint density at radius 3 is 1.45 bits per heavy atom. The molecule has 0 aliphatic carbocycles. The van der Waals surface area contributed by atoms with Gasteiger partial charge in [0, 0.05) is 62.3 Å². The predicted molar refractivity (Wildman–Crippen MR) is 246 cm³/mol. The molecule has 2 aliphatic heterocycles. The van der Waals surface area contributed by atoms with Crippen LogP contribution in [0.4, 0.5) is 11.9 Å². The average molecular weight is 990 g/mol. The van der Waals surface area contributed by atoms with Crippen LogP contribution in [0.15, 0.2) is 58.6 Å². The molecule has 340 valence electrons. The van der Waals surface area contributed by atoms with Gasteiger partial charge < -0.3 is 48.4 Å². The normalized spacial score (nSPS) is 16.3. The van der Waals surface area contributed by atoms with E-state index in [-0.39, 0.29) is 77.2 Å². The second kappa shape index (κ2) is 19.4. The maximum atomic E-state index is 12.0. The van der Waals surface area contributed by atoms with Crippen molar-refractivity contribution in [2.75, 3.05) is 35.4 Å². The number of fused-ring (bicyclic) bond motifs is 6. The maximum absolute atomic E-state index is 12.0. The van der Waals surface area contributed by atoms with Crippen LogP contribution in [0.3, 0.4) is 0 Å². The van der Waals surface area contributed by atoms with E-state index >= 15 is 0 Å². The van der Waals surface area contributed by atoms with Crippen LogP contribution < -0.4 is 26.8 Å². The summed E-state index contributed by atoms with van der Waals surface area (Å²) < 4.78 is 52.3. The van der Waals surface area contributed by atoms with Gasteiger partial charge in [0.15, 0.2) is 25.5 Å². The number of hydrogen-bond acceptors (Lipinski definition) is 14. The molecule has 20 heteroatoms. The zero-order chi connectivity index (χ0) is 44.5. The number of hydrogen-bond donors (Lipinski definition) is 1. The Balaban J connectivity index is 0.000000268. The molecular formula is C44H57BrMgN10O6S2. The van der Waals surface area contributed by atoms with Crippen LogP contribution in [-0.4, -0.2) is 115 Å². The van der Waals surface area contributed by atoms with E-state index in [1.807, 2.05) is 13.8 Å². The zero-order valence-electron chi connectivity index (χ0n) is 38.6. The van der Waals surface area contributed by atoms with Crippen LogP contribution in [0, 0.1) is 33.1 Å². The van der Waals surface area contributed by atoms with Crippen LogP contribution >= 0.6 is 0 Å². The Labute approximate surface area is 403 Å². The van der Waals surface area contributed by atoms with Crippen molar-refractivity contribution < 1.29 is 43.7 Å². The van der Waals surface area contributed by atoms with Crippen molar-refractivity contribution in [3.63, 3.8) is 0 Å². The first-order valence-electron chi connectivity index (χ1n) is 20.3. The number of sulfone groups is 2. The van der Waals surface area contributed by atoms with Gasteiger partial charge in [0.05, 0.1) is 60.8 Å². The smallest absolute Gasteiger partial charge is 1.00 e. The molecule has 0 fully saturated rings. The van der Waals surface area contributed by atoms with Crippen molar-refractivity contribution >= 4 is 82.5 Å². The quantitative estimate of drug-likeness (QED) is 0.133. The maximum Gasteiger partial charge on any atom is 2.00 e. The van der Waals surface area contributed by atoms with Gasteiger partial charge in [-0.2, -0.15) is 0 Å². The van der Waals surface area contributed by atoms with Crippen molar-refractivity contribution in [1.82, 2.24) is 39.0 Å². The first kappa shape index (κ1) is 52.5. The summed E-state index contributed by atoms with van der Waals surface area (Å²) in [5.74, 6) is 3.32. The van der Waals surface area contributed by atoms with Gasteiger partial charge >= 0.3 is 23.1 Å². The Bertz CT molecular complexity index is 2930. The number of halogens is 1. The molecule has 0 saturated carbocycles. The molecule has 2 unspecified atom stereocenters. The molecule has 0 spiro atoms. The van der Waals surface area contributed by atoms with Crippen LogP contribution in [0.2, 0.25) is 0 Å². The SMILES string of the molecule is CC(=O)c1cnc(N2CCn3c(nc4ccc(S(C)(=O)=O)cc43)C2C(C)C)nc1C.Cc1nc(N2CCn3c(nc4ccc(S(C)(=O)=O)cc43)C2C(C)C)ncc1C(C)(C)O.[Br-].[CH3-].[Mg+2]. The number of aryl methyl sites for hydroxylation is 2. The Kier molecular flexibility index (Phi) is 15.9. The second-order valence-corrected chi connectivity index (χ2v) is 21.3. The van der Waals surface area contributed by atoms with Gasteiger partial charge in [-0.25, -0.2) is 46.7 Å². The number of aliphatic hydroxyl groups is 1. The number of aromatic nitrogens is 8. The first-order chi connectivity index (χ1) is 28.4. The molecule has 6 aromatic rings. The standard InChI is InChI=1S/C22H29N5O3S.C21H25N5O3S.CH3.BrH.Mg/c1-13(2)19-20-25-17-8-7-15(31(6,29)30)11-18(17)26(20)9-10-27(19)21-23-12-16(14(3)24-21)22(4,5)28;1-12(2)19-20-24-17-7-6-15(30(5,28)29)10-18(17)25(20)8-9-26(19)21-22-11-16(14(4)27)13(3)23-21;;;/h7-8,11-13,19,28H,9-10H2,1-6H3;6-7,10-12,19H,8-9H2,1-5H3;1H3;1H;/q;;-1;;+2/p-1. The van der Waals surface area contributed by atoms with Gasteiger partial charge in [-0.15, -0.1) is 0 Å². The molecule has 16 nitrogen and oxygen atoms in total. The Hall–Kier alpha value is -4.08. The fourth-order valence-electron chi connectivity index (χ4n) is 8.50. The largest absolute Gasteiger partial charge is 2.00 e. The summed E-state index contributed by atoms with van der Waals surface area (Å²) >= 11 is 0. The van der Waals surface area contributed by atoms with Gasteiger partial charge in [-0.3, -0.25) is 4.79 Å². The van der Waals surface area contributed by atoms with E-state index in [9.17, 15) is 26.7 Å². The summed E-state index contributed by atoms with van der Waals surface area (Å²) in [7, 11) is -6.59. The number of anilines is 2. The minimum absolute atomic E-state index is 0. The molecule has 1 N–H and O–H groups in total. The van der Waals surface area contributed by atoms with E-state index in [1.165, 1.54) is 19.4 Å². The molecule has 0 radical (unpaired) electrons. The molecule has 4 aromatic heterocycles. The molecular weight excluding hydrogens is 933 g/mol. The van der Waals surface area contributed by atoms with Gasteiger partial charge in [-0.1, -0.05) is 27.7 Å². The number of carbonyl (C=O) groups excluding carboxylic acids is 1. The molecule has 2 atom stereocenters.